The fourth-order valence-electron chi connectivity index (χ4n) is 3.51. The van der Waals surface area contributed by atoms with Gasteiger partial charge in [0.15, 0.2) is 11.5 Å². The number of amides is 1. The van der Waals surface area contributed by atoms with Crippen molar-refractivity contribution in [3.8, 4) is 17.2 Å². The summed E-state index contributed by atoms with van der Waals surface area (Å²) in [6, 6.07) is 19.9. The summed E-state index contributed by atoms with van der Waals surface area (Å²) in [6.07, 6.45) is 2.32. The molecule has 0 radical (unpaired) electrons. The van der Waals surface area contributed by atoms with Gasteiger partial charge in [-0.25, -0.2) is 13.8 Å². The second-order valence-electron chi connectivity index (χ2n) is 8.01. The maximum Gasteiger partial charge on any atom is 0.264 e. The lowest BCUT2D eigenvalue weighted by Crippen LogP contribution is -2.39. The number of sulfonamides is 1. The fraction of sp³-hybridized carbons (Fsp3) is 0.286. The van der Waals surface area contributed by atoms with Gasteiger partial charge in [-0.1, -0.05) is 37.3 Å². The van der Waals surface area contributed by atoms with E-state index in [4.69, 9.17) is 14.2 Å². The van der Waals surface area contributed by atoms with Crippen molar-refractivity contribution < 1.29 is 27.4 Å². The van der Waals surface area contributed by atoms with Gasteiger partial charge in [0.1, 0.15) is 12.3 Å². The lowest BCUT2D eigenvalue weighted by molar-refractivity contribution is -0.119. The van der Waals surface area contributed by atoms with E-state index in [1.165, 1.54) is 18.3 Å². The van der Waals surface area contributed by atoms with Gasteiger partial charge in [0.2, 0.25) is 0 Å². The maximum absolute atomic E-state index is 13.6. The molecule has 0 aliphatic heterocycles. The largest absolute Gasteiger partial charge is 0.492 e. The van der Waals surface area contributed by atoms with E-state index in [1.807, 2.05) is 13.8 Å². The fourth-order valence-corrected chi connectivity index (χ4v) is 4.96. The van der Waals surface area contributed by atoms with Crippen LogP contribution in [0.15, 0.2) is 82.8 Å². The van der Waals surface area contributed by atoms with E-state index in [0.29, 0.717) is 42.6 Å². The van der Waals surface area contributed by atoms with Crippen LogP contribution in [0.25, 0.3) is 0 Å². The molecule has 0 spiro atoms. The third-order valence-corrected chi connectivity index (χ3v) is 6.96. The van der Waals surface area contributed by atoms with Crippen LogP contribution in [0.3, 0.4) is 0 Å². The molecule has 0 atom stereocenters. The van der Waals surface area contributed by atoms with Crippen LogP contribution in [0.2, 0.25) is 0 Å². The Bertz CT molecular complexity index is 1330. The van der Waals surface area contributed by atoms with Crippen molar-refractivity contribution in [3.63, 3.8) is 0 Å². The molecule has 0 aliphatic carbocycles. The van der Waals surface area contributed by atoms with Gasteiger partial charge >= 0.3 is 0 Å². The number of ether oxygens (including phenoxy) is 3. The van der Waals surface area contributed by atoms with Crippen LogP contribution in [0.1, 0.15) is 32.8 Å². The highest BCUT2D eigenvalue weighted by Gasteiger charge is 2.29. The molecule has 0 saturated carbocycles. The molecule has 0 bridgehead atoms. The molecule has 0 fully saturated rings. The quantitative estimate of drug-likeness (QED) is 0.237. The Hall–Kier alpha value is -4.05. The number of benzene rings is 3. The zero-order valence-electron chi connectivity index (χ0n) is 21.8. The summed E-state index contributed by atoms with van der Waals surface area (Å²) in [7, 11) is -4.08. The summed E-state index contributed by atoms with van der Waals surface area (Å²) in [5, 5.41) is 4.02. The first-order chi connectivity index (χ1) is 18.4. The molecule has 0 aromatic heterocycles. The zero-order valence-corrected chi connectivity index (χ0v) is 22.6. The summed E-state index contributed by atoms with van der Waals surface area (Å²) in [4.78, 5) is 12.9. The molecule has 0 aliphatic rings. The van der Waals surface area contributed by atoms with Gasteiger partial charge in [-0.3, -0.25) is 9.10 Å². The number of para-hydroxylation sites is 2. The molecule has 38 heavy (non-hydrogen) atoms. The molecular weight excluding hydrogens is 506 g/mol. The minimum Gasteiger partial charge on any atom is -0.492 e. The van der Waals surface area contributed by atoms with Crippen molar-refractivity contribution >= 4 is 27.8 Å². The highest BCUT2D eigenvalue weighted by Crippen LogP contribution is 2.32. The van der Waals surface area contributed by atoms with Crippen LogP contribution in [-0.2, 0) is 14.8 Å². The second kappa shape index (κ2) is 14.0. The first kappa shape index (κ1) is 28.5. The zero-order chi connectivity index (χ0) is 27.4. The Morgan fingerprint density at radius 2 is 1.55 bits per heavy atom. The summed E-state index contributed by atoms with van der Waals surface area (Å²) in [5.74, 6) is 0.924. The highest BCUT2D eigenvalue weighted by molar-refractivity contribution is 7.92. The van der Waals surface area contributed by atoms with E-state index >= 15 is 0 Å². The minimum absolute atomic E-state index is 0.0523. The normalized spacial score (nSPS) is 11.2. The van der Waals surface area contributed by atoms with Crippen molar-refractivity contribution in [2.24, 2.45) is 5.10 Å². The lowest BCUT2D eigenvalue weighted by Gasteiger charge is -2.25. The SMILES string of the molecule is CCCOc1ccc(/C=N/NC(=O)CN(c2ccccc2OCC)S(=O)(=O)c2ccccc2)cc1OCC. The molecule has 3 rings (SSSR count). The Kier molecular flexibility index (Phi) is 10.5. The number of carbonyl (C=O) groups is 1. The first-order valence-corrected chi connectivity index (χ1v) is 13.9. The van der Waals surface area contributed by atoms with Crippen LogP contribution in [0, 0.1) is 0 Å². The molecule has 3 aromatic carbocycles. The molecular formula is C28H33N3O6S. The third kappa shape index (κ3) is 7.48. The molecule has 0 heterocycles. The molecule has 202 valence electrons. The second-order valence-corrected chi connectivity index (χ2v) is 9.87. The number of anilines is 1. The third-order valence-electron chi connectivity index (χ3n) is 5.18. The van der Waals surface area contributed by atoms with Crippen molar-refractivity contribution in [2.45, 2.75) is 32.1 Å². The van der Waals surface area contributed by atoms with E-state index in [-0.39, 0.29) is 10.6 Å². The highest BCUT2D eigenvalue weighted by atomic mass is 32.2. The van der Waals surface area contributed by atoms with Crippen LogP contribution < -0.4 is 23.9 Å². The van der Waals surface area contributed by atoms with Gasteiger partial charge < -0.3 is 14.2 Å². The Morgan fingerprint density at radius 3 is 2.26 bits per heavy atom. The summed E-state index contributed by atoms with van der Waals surface area (Å²) in [6.45, 7) is 6.56. The van der Waals surface area contributed by atoms with Gasteiger partial charge in [-0.2, -0.15) is 5.10 Å². The predicted molar refractivity (Wildman–Crippen MR) is 148 cm³/mol. The average molecular weight is 540 g/mol. The summed E-state index contributed by atoms with van der Waals surface area (Å²) in [5.41, 5.74) is 3.34. The number of nitrogens with one attached hydrogen (secondary N) is 1. The van der Waals surface area contributed by atoms with Crippen LogP contribution >= 0.6 is 0 Å². The molecule has 3 aromatic rings. The Balaban J connectivity index is 1.82. The molecule has 0 saturated heterocycles. The monoisotopic (exact) mass is 539 g/mol. The van der Waals surface area contributed by atoms with E-state index in [2.05, 4.69) is 10.5 Å². The van der Waals surface area contributed by atoms with Crippen LogP contribution in [-0.4, -0.2) is 46.9 Å². The van der Waals surface area contributed by atoms with E-state index < -0.39 is 22.5 Å². The number of rotatable bonds is 14. The van der Waals surface area contributed by atoms with Gasteiger partial charge in [0.05, 0.1) is 36.6 Å². The van der Waals surface area contributed by atoms with E-state index in [9.17, 15) is 13.2 Å². The smallest absolute Gasteiger partial charge is 0.264 e. The van der Waals surface area contributed by atoms with Gasteiger partial charge in [0, 0.05) is 0 Å². The molecule has 9 nitrogen and oxygen atoms in total. The average Bonchev–Trinajstić information content (AvgIpc) is 2.92. The van der Waals surface area contributed by atoms with Gasteiger partial charge in [0.25, 0.3) is 15.9 Å². The summed E-state index contributed by atoms with van der Waals surface area (Å²) < 4.78 is 45.1. The predicted octanol–water partition coefficient (Wildman–Crippen LogP) is 4.62. The van der Waals surface area contributed by atoms with Crippen LogP contribution in [0.4, 0.5) is 5.69 Å². The van der Waals surface area contributed by atoms with Crippen LogP contribution in [0.5, 0.6) is 17.2 Å². The van der Waals surface area contributed by atoms with Crippen molar-refractivity contribution in [1.82, 2.24) is 5.43 Å². The topological polar surface area (TPSA) is 107 Å². The standard InChI is InChI=1S/C28H33N3O6S/c1-4-18-37-26-17-16-22(19-27(26)36-6-3)20-29-30-28(32)21-31(24-14-10-11-15-25(24)35-5-2)38(33,34)23-12-8-7-9-13-23/h7-17,19-20H,4-6,18,21H2,1-3H3,(H,30,32)/b29-20+. The number of nitrogens with zero attached hydrogens (tertiary/aromatic N) is 2. The maximum atomic E-state index is 13.6. The van der Waals surface area contributed by atoms with Gasteiger partial charge in [-0.05, 0) is 68.3 Å². The summed E-state index contributed by atoms with van der Waals surface area (Å²) >= 11 is 0. The first-order valence-electron chi connectivity index (χ1n) is 12.4. The minimum atomic E-state index is -4.08. The lowest BCUT2D eigenvalue weighted by atomic mass is 10.2. The Morgan fingerprint density at radius 1 is 0.868 bits per heavy atom. The number of hydrogen-bond acceptors (Lipinski definition) is 7. The molecule has 0 unspecified atom stereocenters. The van der Waals surface area contributed by atoms with Crippen molar-refractivity contribution in [1.29, 1.82) is 0 Å². The number of hydrazone groups is 1. The molecule has 1 amide bonds. The van der Waals surface area contributed by atoms with Crippen molar-refractivity contribution in [3.05, 3.63) is 78.4 Å². The van der Waals surface area contributed by atoms with E-state index in [1.54, 1.807) is 67.6 Å². The van der Waals surface area contributed by atoms with E-state index in [0.717, 1.165) is 10.7 Å². The molecule has 1 N–H and O–H groups in total. The molecule has 10 heteroatoms. The Labute approximate surface area is 224 Å². The number of carbonyl (C=O) groups excluding carboxylic acids is 1. The number of hydrogen-bond donors (Lipinski definition) is 1. The van der Waals surface area contributed by atoms with Gasteiger partial charge in [-0.15, -0.1) is 0 Å². The van der Waals surface area contributed by atoms with Crippen molar-refractivity contribution in [2.75, 3.05) is 30.7 Å².